The minimum absolute atomic E-state index is 0.0971. The topological polar surface area (TPSA) is 46.2 Å². The first-order valence-electron chi connectivity index (χ1n) is 11.4. The lowest BCUT2D eigenvalue weighted by Gasteiger charge is -2.42. The number of benzene rings is 3. The second-order valence-corrected chi connectivity index (χ2v) is 8.09. The van der Waals surface area contributed by atoms with Crippen LogP contribution in [-0.2, 0) is 43.5 Å². The van der Waals surface area contributed by atoms with E-state index in [9.17, 15) is 8.78 Å². The van der Waals surface area contributed by atoms with Gasteiger partial charge in [0.2, 0.25) is 6.29 Å². The van der Waals surface area contributed by atoms with Gasteiger partial charge in [0.1, 0.15) is 18.3 Å². The van der Waals surface area contributed by atoms with Crippen LogP contribution in [0.5, 0.6) is 0 Å². The van der Waals surface area contributed by atoms with E-state index in [4.69, 9.17) is 23.7 Å². The molecule has 4 atom stereocenters. The fraction of sp³-hybridized carbons (Fsp3) is 0.286. The van der Waals surface area contributed by atoms with Gasteiger partial charge in [0.05, 0.1) is 19.8 Å². The summed E-state index contributed by atoms with van der Waals surface area (Å²) in [6.45, 7) is 0.502. The molecule has 1 saturated heterocycles. The number of hydrogen-bond acceptors (Lipinski definition) is 5. The molecule has 1 aliphatic rings. The fourth-order valence-electron chi connectivity index (χ4n) is 3.89. The summed E-state index contributed by atoms with van der Waals surface area (Å²) in [6.07, 6.45) is -6.03. The molecular formula is C28H28F2O5. The van der Waals surface area contributed by atoms with Crippen molar-refractivity contribution in [3.05, 3.63) is 120 Å². The quantitative estimate of drug-likeness (QED) is 0.363. The molecule has 0 radical (unpaired) electrons. The fourth-order valence-corrected chi connectivity index (χ4v) is 3.89. The molecule has 0 amide bonds. The molecule has 1 fully saturated rings. The smallest absolute Gasteiger partial charge is 0.310 e. The van der Waals surface area contributed by atoms with Crippen LogP contribution < -0.4 is 0 Å². The first-order chi connectivity index (χ1) is 17.2. The molecule has 5 nitrogen and oxygen atoms in total. The number of rotatable bonds is 10. The minimum Gasteiger partial charge on any atom is -0.458 e. The average Bonchev–Trinajstić information content (AvgIpc) is 2.91. The van der Waals surface area contributed by atoms with E-state index in [-0.39, 0.29) is 19.8 Å². The van der Waals surface area contributed by atoms with Crippen LogP contribution >= 0.6 is 0 Å². The molecule has 1 heterocycles. The third kappa shape index (κ3) is 6.74. The van der Waals surface area contributed by atoms with Gasteiger partial charge in [0.15, 0.2) is 5.76 Å². The Hall–Kier alpha value is -3.10. The largest absolute Gasteiger partial charge is 0.458 e. The van der Waals surface area contributed by atoms with Crippen molar-refractivity contribution in [2.24, 2.45) is 0 Å². The number of halogens is 2. The third-order valence-electron chi connectivity index (χ3n) is 5.65. The molecule has 4 rings (SSSR count). The maximum atomic E-state index is 14.0. The van der Waals surface area contributed by atoms with Crippen molar-refractivity contribution in [3.8, 4) is 0 Å². The van der Waals surface area contributed by atoms with E-state index in [0.29, 0.717) is 0 Å². The van der Waals surface area contributed by atoms with E-state index < -0.39 is 36.4 Å². The van der Waals surface area contributed by atoms with Crippen LogP contribution in [0.4, 0.5) is 8.78 Å². The highest BCUT2D eigenvalue weighted by Gasteiger charge is 2.48. The summed E-state index contributed by atoms with van der Waals surface area (Å²) in [5.41, 5.74) is 2.65. The highest BCUT2D eigenvalue weighted by Crippen LogP contribution is 2.35. The molecule has 0 bridgehead atoms. The maximum Gasteiger partial charge on any atom is 0.310 e. The summed E-state index contributed by atoms with van der Waals surface area (Å²) in [5, 5.41) is 0. The van der Waals surface area contributed by atoms with Crippen LogP contribution in [0.25, 0.3) is 0 Å². The first-order valence-corrected chi connectivity index (χ1v) is 11.4. The molecule has 184 valence electrons. The monoisotopic (exact) mass is 482 g/mol. The van der Waals surface area contributed by atoms with Crippen molar-refractivity contribution in [1.29, 1.82) is 0 Å². The summed E-state index contributed by atoms with van der Waals surface area (Å²) in [7, 11) is 1.39. The summed E-state index contributed by atoms with van der Waals surface area (Å²) in [4.78, 5) is 0. The zero-order chi connectivity index (χ0) is 24.5. The predicted octanol–water partition coefficient (Wildman–Crippen LogP) is 5.85. The predicted molar refractivity (Wildman–Crippen MR) is 126 cm³/mol. The molecule has 0 aliphatic carbocycles. The summed E-state index contributed by atoms with van der Waals surface area (Å²) in [6, 6.07) is 28.3. The Morgan fingerprint density at radius 3 is 1.51 bits per heavy atom. The lowest BCUT2D eigenvalue weighted by atomic mass is 10.0. The van der Waals surface area contributed by atoms with Crippen molar-refractivity contribution in [2.75, 3.05) is 7.11 Å². The van der Waals surface area contributed by atoms with E-state index in [1.54, 1.807) is 0 Å². The standard InChI is InChI=1S/C28H28F2O5/c1-31-28-26(34-19-22-15-9-4-10-16-22)24(33-18-21-13-7-3-8-14-21)23(25(35-28)27(29)30)32-17-20-11-5-2-6-12-20/h2-16,23-24,26,28H,17-19H2,1H3/t23-,24-,26+,28-/m0/s1. The highest BCUT2D eigenvalue weighted by molar-refractivity contribution is 5.17. The van der Waals surface area contributed by atoms with E-state index in [2.05, 4.69) is 0 Å². The average molecular weight is 483 g/mol. The van der Waals surface area contributed by atoms with Gasteiger partial charge in [-0.3, -0.25) is 0 Å². The van der Waals surface area contributed by atoms with Crippen LogP contribution in [0.1, 0.15) is 16.7 Å². The molecule has 0 unspecified atom stereocenters. The molecule has 3 aromatic carbocycles. The summed E-state index contributed by atoms with van der Waals surface area (Å²) in [5.74, 6) is -0.606. The lowest BCUT2D eigenvalue weighted by molar-refractivity contribution is -0.273. The van der Waals surface area contributed by atoms with Crippen LogP contribution in [0.2, 0.25) is 0 Å². The normalized spacial score (nSPS) is 22.0. The third-order valence-corrected chi connectivity index (χ3v) is 5.65. The van der Waals surface area contributed by atoms with Gasteiger partial charge in [-0.05, 0) is 16.7 Å². The van der Waals surface area contributed by atoms with Crippen molar-refractivity contribution >= 4 is 0 Å². The Morgan fingerprint density at radius 2 is 1.09 bits per heavy atom. The van der Waals surface area contributed by atoms with Gasteiger partial charge in [0.25, 0.3) is 0 Å². The minimum atomic E-state index is -1.99. The molecule has 0 N–H and O–H groups in total. The number of methoxy groups -OCH3 is 1. The summed E-state index contributed by atoms with van der Waals surface area (Å²) < 4.78 is 57.4. The van der Waals surface area contributed by atoms with Crippen LogP contribution in [0.3, 0.4) is 0 Å². The molecule has 35 heavy (non-hydrogen) atoms. The first kappa shape index (κ1) is 25.0. The van der Waals surface area contributed by atoms with Gasteiger partial charge in [-0.1, -0.05) is 91.0 Å². The van der Waals surface area contributed by atoms with E-state index in [1.165, 1.54) is 7.11 Å². The molecule has 0 aromatic heterocycles. The van der Waals surface area contributed by atoms with Gasteiger partial charge < -0.3 is 23.7 Å². The molecule has 7 heteroatoms. The Bertz CT molecular complexity index is 1060. The molecule has 0 spiro atoms. The van der Waals surface area contributed by atoms with Crippen molar-refractivity contribution in [3.63, 3.8) is 0 Å². The van der Waals surface area contributed by atoms with Gasteiger partial charge in [-0.15, -0.1) is 0 Å². The second kappa shape index (κ2) is 12.6. The highest BCUT2D eigenvalue weighted by atomic mass is 19.3. The van der Waals surface area contributed by atoms with E-state index in [1.807, 2.05) is 91.0 Å². The zero-order valence-electron chi connectivity index (χ0n) is 19.4. The lowest BCUT2D eigenvalue weighted by Crippen LogP contribution is -2.55. The zero-order valence-corrected chi connectivity index (χ0v) is 19.4. The Kier molecular flexibility index (Phi) is 8.97. The van der Waals surface area contributed by atoms with E-state index >= 15 is 0 Å². The van der Waals surface area contributed by atoms with Crippen LogP contribution in [0.15, 0.2) is 103 Å². The van der Waals surface area contributed by atoms with Gasteiger partial charge in [0, 0.05) is 7.11 Å². The van der Waals surface area contributed by atoms with E-state index in [0.717, 1.165) is 16.7 Å². The SMILES string of the molecule is CO[C@H]1OC(=C(F)F)[C@@H](OCc2ccccc2)[C@H](OCc2ccccc2)[C@H]1OCc1ccccc1. The maximum absolute atomic E-state index is 14.0. The molecule has 1 aliphatic heterocycles. The Morgan fingerprint density at radius 1 is 0.657 bits per heavy atom. The van der Waals surface area contributed by atoms with Gasteiger partial charge >= 0.3 is 6.08 Å². The van der Waals surface area contributed by atoms with Crippen molar-refractivity contribution in [2.45, 2.75) is 44.4 Å². The Balaban J connectivity index is 1.61. The molecule has 0 saturated carbocycles. The van der Waals surface area contributed by atoms with Gasteiger partial charge in [-0.25, -0.2) is 0 Å². The number of ether oxygens (including phenoxy) is 5. The number of hydrogen-bond donors (Lipinski definition) is 0. The molecular weight excluding hydrogens is 454 g/mol. The second-order valence-electron chi connectivity index (χ2n) is 8.09. The molecule has 3 aromatic rings. The van der Waals surface area contributed by atoms with Crippen LogP contribution in [-0.4, -0.2) is 31.7 Å². The van der Waals surface area contributed by atoms with Crippen LogP contribution in [0, 0.1) is 0 Å². The van der Waals surface area contributed by atoms with Gasteiger partial charge in [-0.2, -0.15) is 8.78 Å². The van der Waals surface area contributed by atoms with Crippen molar-refractivity contribution in [1.82, 2.24) is 0 Å². The van der Waals surface area contributed by atoms with Crippen molar-refractivity contribution < 1.29 is 32.5 Å². The Labute approximate surface area is 203 Å². The summed E-state index contributed by atoms with van der Waals surface area (Å²) >= 11 is 0.